The minimum atomic E-state index is -0.0636. The molecule has 0 spiro atoms. The van der Waals surface area contributed by atoms with Gasteiger partial charge in [-0.1, -0.05) is 23.7 Å². The first-order chi connectivity index (χ1) is 13.2. The second-order valence-corrected chi connectivity index (χ2v) is 7.06. The van der Waals surface area contributed by atoms with Gasteiger partial charge >= 0.3 is 0 Å². The van der Waals surface area contributed by atoms with E-state index in [1.54, 1.807) is 24.5 Å². The number of nitrogens with zero attached hydrogens (tertiary/aromatic N) is 3. The molecule has 0 unspecified atom stereocenters. The number of halogens is 1. The van der Waals surface area contributed by atoms with Crippen LogP contribution in [0.4, 0.5) is 5.82 Å². The molecule has 3 aromatic rings. The van der Waals surface area contributed by atoms with Crippen LogP contribution in [0.3, 0.4) is 0 Å². The summed E-state index contributed by atoms with van der Waals surface area (Å²) in [6.45, 7) is 1.70. The van der Waals surface area contributed by atoms with Crippen LogP contribution >= 0.6 is 11.6 Å². The minimum absolute atomic E-state index is 0.0636. The van der Waals surface area contributed by atoms with Crippen molar-refractivity contribution in [3.05, 3.63) is 65.4 Å². The van der Waals surface area contributed by atoms with Gasteiger partial charge < -0.3 is 10.2 Å². The Morgan fingerprint density at radius 2 is 1.96 bits per heavy atom. The van der Waals surface area contributed by atoms with Gasteiger partial charge in [-0.05, 0) is 42.7 Å². The molecule has 3 heterocycles. The topological polar surface area (TPSA) is 73.9 Å². The summed E-state index contributed by atoms with van der Waals surface area (Å²) in [6.07, 6.45) is 5.02. The van der Waals surface area contributed by atoms with Crippen molar-refractivity contribution in [1.29, 1.82) is 0 Å². The highest BCUT2D eigenvalue weighted by Gasteiger charge is 2.22. The lowest BCUT2D eigenvalue weighted by molar-refractivity contribution is 0.0930. The molecule has 1 aliphatic heterocycles. The third-order valence-corrected chi connectivity index (χ3v) is 5.05. The molecule has 0 radical (unpaired) electrons. The lowest BCUT2D eigenvalue weighted by Crippen LogP contribution is -2.44. The van der Waals surface area contributed by atoms with Crippen molar-refractivity contribution in [2.75, 3.05) is 18.0 Å². The van der Waals surface area contributed by atoms with Gasteiger partial charge in [-0.25, -0.2) is 0 Å². The lowest BCUT2D eigenvalue weighted by atomic mass is 10.0. The van der Waals surface area contributed by atoms with E-state index in [2.05, 4.69) is 31.5 Å². The number of nitrogens with one attached hydrogen (secondary N) is 2. The van der Waals surface area contributed by atoms with Crippen LogP contribution in [0.25, 0.3) is 11.3 Å². The first kappa shape index (κ1) is 17.5. The largest absolute Gasteiger partial charge is 0.355 e. The zero-order valence-corrected chi connectivity index (χ0v) is 15.5. The number of aromatic amines is 1. The fourth-order valence-electron chi connectivity index (χ4n) is 3.27. The van der Waals surface area contributed by atoms with E-state index in [1.807, 2.05) is 24.3 Å². The number of rotatable bonds is 4. The predicted octanol–water partition coefficient (Wildman–Crippen LogP) is 3.52. The molecule has 1 saturated heterocycles. The number of carbonyl (C=O) groups excluding carboxylic acids is 1. The van der Waals surface area contributed by atoms with Gasteiger partial charge in [-0.3, -0.25) is 14.9 Å². The Morgan fingerprint density at radius 1 is 1.19 bits per heavy atom. The van der Waals surface area contributed by atoms with Crippen LogP contribution in [-0.4, -0.2) is 40.2 Å². The number of piperidine rings is 1. The average molecular weight is 382 g/mol. The molecular weight excluding hydrogens is 362 g/mol. The molecule has 1 aliphatic rings. The van der Waals surface area contributed by atoms with E-state index in [1.165, 1.54) is 0 Å². The number of aromatic nitrogens is 3. The summed E-state index contributed by atoms with van der Waals surface area (Å²) in [6, 6.07) is 13.5. The van der Waals surface area contributed by atoms with E-state index in [4.69, 9.17) is 11.6 Å². The van der Waals surface area contributed by atoms with Crippen molar-refractivity contribution in [3.8, 4) is 11.3 Å². The Labute approximate surface area is 162 Å². The Bertz CT molecular complexity index is 902. The molecule has 138 valence electrons. The molecule has 27 heavy (non-hydrogen) atoms. The Kier molecular flexibility index (Phi) is 5.07. The monoisotopic (exact) mass is 381 g/mol. The maximum atomic E-state index is 12.3. The van der Waals surface area contributed by atoms with Crippen molar-refractivity contribution in [2.45, 2.75) is 18.9 Å². The average Bonchev–Trinajstić information content (AvgIpc) is 3.20. The summed E-state index contributed by atoms with van der Waals surface area (Å²) >= 11 is 5.95. The highest BCUT2D eigenvalue weighted by atomic mass is 35.5. The smallest absolute Gasteiger partial charge is 0.253 e. The van der Waals surface area contributed by atoms with E-state index < -0.39 is 0 Å². The van der Waals surface area contributed by atoms with Crippen molar-refractivity contribution < 1.29 is 4.79 Å². The van der Waals surface area contributed by atoms with Crippen LogP contribution in [-0.2, 0) is 0 Å². The Morgan fingerprint density at radius 3 is 2.67 bits per heavy atom. The Hall–Kier alpha value is -2.86. The molecule has 6 nitrogen and oxygen atoms in total. The molecule has 1 fully saturated rings. The molecule has 4 rings (SSSR count). The third kappa shape index (κ3) is 4.11. The van der Waals surface area contributed by atoms with E-state index in [0.29, 0.717) is 10.6 Å². The lowest BCUT2D eigenvalue weighted by Gasteiger charge is -2.32. The van der Waals surface area contributed by atoms with Gasteiger partial charge in [0.25, 0.3) is 5.91 Å². The van der Waals surface area contributed by atoms with Crippen molar-refractivity contribution in [3.63, 3.8) is 0 Å². The van der Waals surface area contributed by atoms with Crippen LogP contribution in [0.2, 0.25) is 5.02 Å². The van der Waals surface area contributed by atoms with E-state index in [0.717, 1.165) is 43.0 Å². The summed E-state index contributed by atoms with van der Waals surface area (Å²) in [5.74, 6) is 0.864. The molecule has 7 heteroatoms. The molecule has 1 aromatic carbocycles. The second-order valence-electron chi connectivity index (χ2n) is 6.62. The second kappa shape index (κ2) is 7.80. The van der Waals surface area contributed by atoms with E-state index >= 15 is 0 Å². The first-order valence-electron chi connectivity index (χ1n) is 8.96. The van der Waals surface area contributed by atoms with Gasteiger partial charge in [0, 0.05) is 42.6 Å². The van der Waals surface area contributed by atoms with E-state index in [9.17, 15) is 4.79 Å². The molecule has 0 saturated carbocycles. The van der Waals surface area contributed by atoms with Gasteiger partial charge in [0.2, 0.25) is 0 Å². The maximum Gasteiger partial charge on any atom is 0.253 e. The quantitative estimate of drug-likeness (QED) is 0.725. The number of carbonyl (C=O) groups is 1. The third-order valence-electron chi connectivity index (χ3n) is 4.80. The summed E-state index contributed by atoms with van der Waals surface area (Å²) in [5.41, 5.74) is 2.62. The molecule has 0 aliphatic carbocycles. The molecule has 2 N–H and O–H groups in total. The van der Waals surface area contributed by atoms with Crippen LogP contribution in [0.5, 0.6) is 0 Å². The SMILES string of the molecule is O=C(NC1CCN(c2cc(-c3ccc(Cl)cc3)[nH]n2)CC1)c1cccnc1. The molecule has 0 bridgehead atoms. The molecule has 2 aromatic heterocycles. The highest BCUT2D eigenvalue weighted by molar-refractivity contribution is 6.30. The van der Waals surface area contributed by atoms with Crippen molar-refractivity contribution in [1.82, 2.24) is 20.5 Å². The summed E-state index contributed by atoms with van der Waals surface area (Å²) in [5, 5.41) is 11.4. The maximum absolute atomic E-state index is 12.3. The molecule has 1 amide bonds. The zero-order valence-electron chi connectivity index (χ0n) is 14.7. The number of hydrogen-bond donors (Lipinski definition) is 2. The summed E-state index contributed by atoms with van der Waals surface area (Å²) < 4.78 is 0. The fraction of sp³-hybridized carbons (Fsp3) is 0.250. The number of H-pyrrole nitrogens is 1. The van der Waals surface area contributed by atoms with Crippen LogP contribution < -0.4 is 10.2 Å². The van der Waals surface area contributed by atoms with Gasteiger partial charge in [0.15, 0.2) is 5.82 Å². The predicted molar refractivity (Wildman–Crippen MR) is 106 cm³/mol. The van der Waals surface area contributed by atoms with E-state index in [-0.39, 0.29) is 11.9 Å². The number of benzene rings is 1. The number of hydrogen-bond acceptors (Lipinski definition) is 4. The van der Waals surface area contributed by atoms with Crippen LogP contribution in [0.15, 0.2) is 54.9 Å². The van der Waals surface area contributed by atoms with Gasteiger partial charge in [0.05, 0.1) is 11.3 Å². The summed E-state index contributed by atoms with van der Waals surface area (Å²) in [4.78, 5) is 18.5. The van der Waals surface area contributed by atoms with Crippen LogP contribution in [0, 0.1) is 0 Å². The van der Waals surface area contributed by atoms with Gasteiger partial charge in [-0.2, -0.15) is 5.10 Å². The van der Waals surface area contributed by atoms with Crippen molar-refractivity contribution in [2.24, 2.45) is 0 Å². The first-order valence-corrected chi connectivity index (χ1v) is 9.34. The molecular formula is C20H20ClN5O. The normalized spacial score (nSPS) is 14.9. The number of pyridine rings is 1. The van der Waals surface area contributed by atoms with Gasteiger partial charge in [0.1, 0.15) is 0 Å². The number of anilines is 1. The number of amides is 1. The Balaban J connectivity index is 1.34. The van der Waals surface area contributed by atoms with Crippen LogP contribution in [0.1, 0.15) is 23.2 Å². The highest BCUT2D eigenvalue weighted by Crippen LogP contribution is 2.25. The zero-order chi connectivity index (χ0) is 18.6. The fourth-order valence-corrected chi connectivity index (χ4v) is 3.40. The minimum Gasteiger partial charge on any atom is -0.355 e. The molecule has 0 atom stereocenters. The summed E-state index contributed by atoms with van der Waals surface area (Å²) in [7, 11) is 0. The van der Waals surface area contributed by atoms with Gasteiger partial charge in [-0.15, -0.1) is 0 Å². The van der Waals surface area contributed by atoms with Crippen molar-refractivity contribution >= 4 is 23.3 Å². The standard InChI is InChI=1S/C20H20ClN5O/c21-16-5-3-14(4-6-16)18-12-19(25-24-18)26-10-7-17(8-11-26)23-20(27)15-2-1-9-22-13-15/h1-6,9,12-13,17H,7-8,10-11H2,(H,23,27)(H,24,25).